The van der Waals surface area contributed by atoms with Gasteiger partial charge in [0.25, 0.3) is 5.91 Å². The molecular formula is C17H18N2O2. The molecule has 0 bridgehead atoms. The molecule has 0 saturated heterocycles. The molecule has 1 aliphatic rings. The van der Waals surface area contributed by atoms with E-state index in [2.05, 4.69) is 10.6 Å². The molecule has 0 spiro atoms. The summed E-state index contributed by atoms with van der Waals surface area (Å²) in [7, 11) is 0. The molecule has 1 aliphatic carbocycles. The lowest BCUT2D eigenvalue weighted by atomic mass is 10.1. The molecule has 0 aromatic heterocycles. The maximum absolute atomic E-state index is 12.0. The van der Waals surface area contributed by atoms with Crippen molar-refractivity contribution in [3.63, 3.8) is 0 Å². The van der Waals surface area contributed by atoms with E-state index in [1.165, 1.54) is 0 Å². The third kappa shape index (κ3) is 3.75. The second kappa shape index (κ2) is 5.87. The van der Waals surface area contributed by atoms with E-state index < -0.39 is 0 Å². The Morgan fingerprint density at radius 1 is 1.14 bits per heavy atom. The van der Waals surface area contributed by atoms with Crippen molar-refractivity contribution in [2.24, 2.45) is 0 Å². The van der Waals surface area contributed by atoms with Gasteiger partial charge in [-0.1, -0.05) is 18.2 Å². The summed E-state index contributed by atoms with van der Waals surface area (Å²) in [6, 6.07) is 14.9. The third-order valence-corrected chi connectivity index (χ3v) is 3.47. The molecule has 21 heavy (non-hydrogen) atoms. The summed E-state index contributed by atoms with van der Waals surface area (Å²) < 4.78 is 0. The molecule has 2 aromatic rings. The summed E-state index contributed by atoms with van der Waals surface area (Å²) in [6.07, 6.45) is 2.18. The van der Waals surface area contributed by atoms with Crippen molar-refractivity contribution in [1.29, 1.82) is 0 Å². The van der Waals surface area contributed by atoms with Crippen molar-refractivity contribution in [2.45, 2.75) is 25.4 Å². The largest absolute Gasteiger partial charge is 0.508 e. The predicted molar refractivity (Wildman–Crippen MR) is 82.4 cm³/mol. The third-order valence-electron chi connectivity index (χ3n) is 3.47. The van der Waals surface area contributed by atoms with Gasteiger partial charge >= 0.3 is 0 Å². The van der Waals surface area contributed by atoms with E-state index in [1.54, 1.807) is 12.1 Å². The Kier molecular flexibility index (Phi) is 3.77. The molecule has 3 N–H and O–H groups in total. The number of carbonyl (C=O) groups is 1. The molecule has 0 atom stereocenters. The highest BCUT2D eigenvalue weighted by Crippen LogP contribution is 2.20. The highest BCUT2D eigenvalue weighted by Gasteiger charge is 2.23. The average molecular weight is 282 g/mol. The molecule has 1 fully saturated rings. The zero-order valence-electron chi connectivity index (χ0n) is 11.7. The van der Waals surface area contributed by atoms with Crippen molar-refractivity contribution in [3.8, 4) is 5.75 Å². The fourth-order valence-electron chi connectivity index (χ4n) is 2.08. The quantitative estimate of drug-likeness (QED) is 0.790. The number of rotatable bonds is 5. The van der Waals surface area contributed by atoms with Crippen LogP contribution < -0.4 is 10.6 Å². The van der Waals surface area contributed by atoms with Crippen LogP contribution in [0.5, 0.6) is 5.75 Å². The minimum absolute atomic E-state index is 0.00853. The maximum Gasteiger partial charge on any atom is 0.251 e. The molecule has 1 amide bonds. The molecule has 0 unspecified atom stereocenters. The van der Waals surface area contributed by atoms with Gasteiger partial charge in [-0.25, -0.2) is 0 Å². The van der Waals surface area contributed by atoms with Crippen LogP contribution in [0.15, 0.2) is 48.5 Å². The van der Waals surface area contributed by atoms with Crippen LogP contribution in [-0.2, 0) is 6.54 Å². The average Bonchev–Trinajstić information content (AvgIpc) is 3.31. The van der Waals surface area contributed by atoms with E-state index in [0.717, 1.165) is 24.1 Å². The highest BCUT2D eigenvalue weighted by molar-refractivity contribution is 5.95. The van der Waals surface area contributed by atoms with Crippen LogP contribution in [0.25, 0.3) is 0 Å². The summed E-state index contributed by atoms with van der Waals surface area (Å²) in [5.74, 6) is 0.253. The van der Waals surface area contributed by atoms with Crippen molar-refractivity contribution < 1.29 is 9.90 Å². The van der Waals surface area contributed by atoms with Gasteiger partial charge in [0.05, 0.1) is 0 Å². The van der Waals surface area contributed by atoms with E-state index in [4.69, 9.17) is 0 Å². The minimum atomic E-state index is -0.00853. The lowest BCUT2D eigenvalue weighted by Crippen LogP contribution is -2.25. The number of nitrogens with one attached hydrogen (secondary N) is 2. The summed E-state index contributed by atoms with van der Waals surface area (Å²) in [5, 5.41) is 15.5. The SMILES string of the molecule is O=C(NC1CC1)c1cccc(NCc2ccc(O)cc2)c1. The topological polar surface area (TPSA) is 61.4 Å². The molecule has 108 valence electrons. The first-order valence-corrected chi connectivity index (χ1v) is 7.13. The Morgan fingerprint density at radius 3 is 2.62 bits per heavy atom. The fourth-order valence-corrected chi connectivity index (χ4v) is 2.08. The number of aromatic hydroxyl groups is 1. The first kappa shape index (κ1) is 13.5. The van der Waals surface area contributed by atoms with Crippen molar-refractivity contribution in [3.05, 3.63) is 59.7 Å². The monoisotopic (exact) mass is 282 g/mol. The predicted octanol–water partition coefficient (Wildman–Crippen LogP) is 2.90. The summed E-state index contributed by atoms with van der Waals surface area (Å²) in [6.45, 7) is 0.647. The van der Waals surface area contributed by atoms with E-state index in [1.807, 2.05) is 36.4 Å². The summed E-state index contributed by atoms with van der Waals surface area (Å²) in [5.41, 5.74) is 2.66. The molecule has 0 radical (unpaired) electrons. The van der Waals surface area contributed by atoms with Crippen LogP contribution in [0.4, 0.5) is 5.69 Å². The maximum atomic E-state index is 12.0. The number of phenolic OH excluding ortho intramolecular Hbond substituents is 1. The van der Waals surface area contributed by atoms with E-state index in [0.29, 0.717) is 18.2 Å². The molecule has 1 saturated carbocycles. The number of hydrogen-bond donors (Lipinski definition) is 3. The van der Waals surface area contributed by atoms with Gasteiger partial charge in [0.15, 0.2) is 0 Å². The van der Waals surface area contributed by atoms with Crippen LogP contribution in [0.2, 0.25) is 0 Å². The van der Waals surface area contributed by atoms with Crippen molar-refractivity contribution >= 4 is 11.6 Å². The molecule has 0 heterocycles. The van der Waals surface area contributed by atoms with E-state index in [-0.39, 0.29) is 11.7 Å². The second-order valence-corrected chi connectivity index (χ2v) is 5.35. The van der Waals surface area contributed by atoms with Crippen LogP contribution in [0.1, 0.15) is 28.8 Å². The first-order chi connectivity index (χ1) is 10.2. The summed E-state index contributed by atoms with van der Waals surface area (Å²) >= 11 is 0. The van der Waals surface area contributed by atoms with Crippen LogP contribution in [-0.4, -0.2) is 17.1 Å². The van der Waals surface area contributed by atoms with Crippen molar-refractivity contribution in [1.82, 2.24) is 5.32 Å². The van der Waals surface area contributed by atoms with Gasteiger partial charge in [0.2, 0.25) is 0 Å². The zero-order valence-corrected chi connectivity index (χ0v) is 11.7. The van der Waals surface area contributed by atoms with Gasteiger partial charge in [-0.2, -0.15) is 0 Å². The van der Waals surface area contributed by atoms with Gasteiger partial charge in [-0.3, -0.25) is 4.79 Å². The van der Waals surface area contributed by atoms with Gasteiger partial charge in [0.1, 0.15) is 5.75 Å². The Balaban J connectivity index is 1.62. The molecule has 4 nitrogen and oxygen atoms in total. The van der Waals surface area contributed by atoms with Crippen LogP contribution in [0, 0.1) is 0 Å². The number of hydrogen-bond acceptors (Lipinski definition) is 3. The minimum Gasteiger partial charge on any atom is -0.508 e. The Labute approximate surface area is 123 Å². The lowest BCUT2D eigenvalue weighted by Gasteiger charge is -2.09. The summed E-state index contributed by atoms with van der Waals surface area (Å²) in [4.78, 5) is 12.0. The Bertz CT molecular complexity index is 633. The van der Waals surface area contributed by atoms with Gasteiger partial charge in [-0.15, -0.1) is 0 Å². The number of benzene rings is 2. The molecular weight excluding hydrogens is 264 g/mol. The number of phenols is 1. The fraction of sp³-hybridized carbons (Fsp3) is 0.235. The van der Waals surface area contributed by atoms with Gasteiger partial charge < -0.3 is 15.7 Å². The van der Waals surface area contributed by atoms with Gasteiger partial charge in [0, 0.05) is 23.8 Å². The number of carbonyl (C=O) groups excluding carboxylic acids is 1. The first-order valence-electron chi connectivity index (χ1n) is 7.13. The molecule has 2 aromatic carbocycles. The van der Waals surface area contributed by atoms with Gasteiger partial charge in [-0.05, 0) is 48.7 Å². The normalized spacial score (nSPS) is 13.7. The molecule has 0 aliphatic heterocycles. The lowest BCUT2D eigenvalue weighted by molar-refractivity contribution is 0.0951. The molecule has 4 heteroatoms. The zero-order chi connectivity index (χ0) is 14.7. The second-order valence-electron chi connectivity index (χ2n) is 5.35. The Hall–Kier alpha value is -2.49. The number of amides is 1. The van der Waals surface area contributed by atoms with Crippen LogP contribution in [0.3, 0.4) is 0 Å². The van der Waals surface area contributed by atoms with Crippen LogP contribution >= 0.6 is 0 Å². The smallest absolute Gasteiger partial charge is 0.251 e. The molecule has 3 rings (SSSR count). The number of anilines is 1. The van der Waals surface area contributed by atoms with Crippen molar-refractivity contribution in [2.75, 3.05) is 5.32 Å². The standard InChI is InChI=1S/C17H18N2O2/c20-16-8-4-12(5-9-16)11-18-15-3-1-2-13(10-15)17(21)19-14-6-7-14/h1-5,8-10,14,18,20H,6-7,11H2,(H,19,21). The highest BCUT2D eigenvalue weighted by atomic mass is 16.3. The van der Waals surface area contributed by atoms with E-state index >= 15 is 0 Å². The Morgan fingerprint density at radius 2 is 1.90 bits per heavy atom. The van der Waals surface area contributed by atoms with E-state index in [9.17, 15) is 9.90 Å².